The van der Waals surface area contributed by atoms with Crippen LogP contribution in [0, 0.1) is 5.92 Å². The molecule has 0 amide bonds. The van der Waals surface area contributed by atoms with Gasteiger partial charge >= 0.3 is 0 Å². The Kier molecular flexibility index (Phi) is 5.56. The molecule has 7 rings (SSSR count). The number of nitrogens with zero attached hydrogens (tertiary/aromatic N) is 5. The first-order valence-corrected chi connectivity index (χ1v) is 13.9. The monoisotopic (exact) mass is 488 g/mol. The second-order valence-electron chi connectivity index (χ2n) is 10.8. The van der Waals surface area contributed by atoms with Gasteiger partial charge in [-0.3, -0.25) is 9.97 Å². The number of anilines is 1. The van der Waals surface area contributed by atoms with Crippen LogP contribution in [0.15, 0.2) is 36.8 Å². The number of rotatable bonds is 8. The maximum atomic E-state index is 5.70. The predicted molar refractivity (Wildman–Crippen MR) is 137 cm³/mol. The summed E-state index contributed by atoms with van der Waals surface area (Å²) in [4.78, 5) is 11.9. The zero-order valence-electron chi connectivity index (χ0n) is 20.0. The quantitative estimate of drug-likeness (QED) is 0.510. The van der Waals surface area contributed by atoms with E-state index in [4.69, 9.17) is 9.72 Å². The molecule has 8 heteroatoms. The fraction of sp³-hybridized carbons (Fsp3) is 0.556. The highest BCUT2D eigenvalue weighted by molar-refractivity contribution is 7.14. The summed E-state index contributed by atoms with van der Waals surface area (Å²) in [6.07, 6.45) is 13.8. The number of hydrogen-bond donors (Lipinski definition) is 1. The van der Waals surface area contributed by atoms with E-state index in [-0.39, 0.29) is 5.41 Å². The van der Waals surface area contributed by atoms with Crippen molar-refractivity contribution in [2.24, 2.45) is 5.92 Å². The highest BCUT2D eigenvalue weighted by Gasteiger charge is 2.47. The third-order valence-electron chi connectivity index (χ3n) is 8.00. The van der Waals surface area contributed by atoms with Crippen LogP contribution in [0.4, 0.5) is 5.69 Å². The molecule has 0 spiro atoms. The molecule has 1 atom stereocenters. The van der Waals surface area contributed by atoms with E-state index in [0.29, 0.717) is 25.2 Å². The molecule has 0 radical (unpaired) electrons. The molecule has 0 aromatic carbocycles. The summed E-state index contributed by atoms with van der Waals surface area (Å²) in [6, 6.07) is 7.23. The number of nitrogens with one attached hydrogen (secondary N) is 1. The summed E-state index contributed by atoms with van der Waals surface area (Å²) in [6.45, 7) is 4.56. The zero-order chi connectivity index (χ0) is 23.2. The van der Waals surface area contributed by atoms with Crippen LogP contribution < -0.4 is 10.2 Å². The second kappa shape index (κ2) is 8.91. The van der Waals surface area contributed by atoms with Gasteiger partial charge in [0.05, 0.1) is 30.8 Å². The van der Waals surface area contributed by atoms with E-state index >= 15 is 0 Å². The van der Waals surface area contributed by atoms with Crippen molar-refractivity contribution in [3.63, 3.8) is 0 Å². The minimum Gasteiger partial charge on any atom is -0.378 e. The Balaban J connectivity index is 1.08. The van der Waals surface area contributed by atoms with E-state index in [2.05, 4.69) is 43.6 Å². The van der Waals surface area contributed by atoms with Crippen molar-refractivity contribution in [3.05, 3.63) is 53.1 Å². The van der Waals surface area contributed by atoms with Gasteiger partial charge in [0.15, 0.2) is 0 Å². The first kappa shape index (κ1) is 21.8. The van der Waals surface area contributed by atoms with Crippen molar-refractivity contribution in [2.75, 3.05) is 37.7 Å². The highest BCUT2D eigenvalue weighted by atomic mass is 32.1. The van der Waals surface area contributed by atoms with Crippen molar-refractivity contribution < 1.29 is 4.74 Å². The first-order chi connectivity index (χ1) is 17.3. The van der Waals surface area contributed by atoms with Gasteiger partial charge in [0.1, 0.15) is 15.4 Å². The van der Waals surface area contributed by atoms with Gasteiger partial charge in [-0.1, -0.05) is 11.3 Å². The van der Waals surface area contributed by atoms with Gasteiger partial charge in [-0.05, 0) is 80.7 Å². The molecular formula is C27H32N6OS. The molecule has 0 bridgehead atoms. The molecule has 4 fully saturated rings. The molecule has 5 heterocycles. The molecule has 3 aromatic heterocycles. The molecule has 1 unspecified atom stereocenters. The topological polar surface area (TPSA) is 76.1 Å². The summed E-state index contributed by atoms with van der Waals surface area (Å²) in [5, 5.41) is 14.9. The van der Waals surface area contributed by atoms with Gasteiger partial charge in [0.2, 0.25) is 0 Å². The smallest absolute Gasteiger partial charge is 0.149 e. The molecule has 2 saturated carbocycles. The molecule has 2 aliphatic carbocycles. The molecule has 4 aliphatic rings. The summed E-state index contributed by atoms with van der Waals surface area (Å²) in [7, 11) is 0. The number of pyridine rings is 2. The minimum absolute atomic E-state index is 0.299. The predicted octanol–water partition coefficient (Wildman–Crippen LogP) is 4.16. The average molecular weight is 489 g/mol. The van der Waals surface area contributed by atoms with Gasteiger partial charge in [0, 0.05) is 37.1 Å². The summed E-state index contributed by atoms with van der Waals surface area (Å²) < 4.78 is 5.70. The lowest BCUT2D eigenvalue weighted by Crippen LogP contribution is -2.48. The van der Waals surface area contributed by atoms with Gasteiger partial charge in [-0.2, -0.15) is 0 Å². The van der Waals surface area contributed by atoms with Gasteiger partial charge in [-0.15, -0.1) is 10.2 Å². The molecule has 2 saturated heterocycles. The van der Waals surface area contributed by atoms with Crippen molar-refractivity contribution in [3.8, 4) is 10.6 Å². The van der Waals surface area contributed by atoms with E-state index in [1.165, 1.54) is 56.3 Å². The van der Waals surface area contributed by atoms with Crippen LogP contribution in [0.25, 0.3) is 10.6 Å². The lowest BCUT2D eigenvalue weighted by Gasteiger charge is -2.39. The molecular weight excluding hydrogens is 456 g/mol. The maximum Gasteiger partial charge on any atom is 0.149 e. The Hall–Kier alpha value is -2.42. The van der Waals surface area contributed by atoms with Gasteiger partial charge in [0.25, 0.3) is 0 Å². The van der Waals surface area contributed by atoms with E-state index < -0.39 is 0 Å². The third-order valence-corrected chi connectivity index (χ3v) is 9.18. The van der Waals surface area contributed by atoms with Crippen molar-refractivity contribution in [2.45, 2.75) is 55.9 Å². The highest BCUT2D eigenvalue weighted by Crippen LogP contribution is 2.43. The molecule has 7 nitrogen and oxygen atoms in total. The number of aromatic nitrogens is 4. The number of hydrogen-bond acceptors (Lipinski definition) is 8. The first-order valence-electron chi connectivity index (χ1n) is 13.1. The summed E-state index contributed by atoms with van der Waals surface area (Å²) >= 11 is 1.65. The largest absolute Gasteiger partial charge is 0.378 e. The third kappa shape index (κ3) is 4.36. The van der Waals surface area contributed by atoms with Crippen LogP contribution in [-0.4, -0.2) is 59.1 Å². The summed E-state index contributed by atoms with van der Waals surface area (Å²) in [5.41, 5.74) is 4.32. The molecule has 182 valence electrons. The van der Waals surface area contributed by atoms with Crippen molar-refractivity contribution in [1.82, 2.24) is 25.5 Å². The Bertz CT molecular complexity index is 1180. The van der Waals surface area contributed by atoms with E-state index in [9.17, 15) is 0 Å². The van der Waals surface area contributed by atoms with E-state index in [1.807, 2.05) is 18.6 Å². The van der Waals surface area contributed by atoms with Gasteiger partial charge < -0.3 is 15.0 Å². The Morgan fingerprint density at radius 2 is 1.97 bits per heavy atom. The number of piperidine rings is 1. The summed E-state index contributed by atoms with van der Waals surface area (Å²) in [5.74, 6) is 1.60. The minimum atomic E-state index is -0.299. The fourth-order valence-electron chi connectivity index (χ4n) is 5.32. The van der Waals surface area contributed by atoms with Crippen LogP contribution in [0.2, 0.25) is 0 Å². The maximum absolute atomic E-state index is 5.70. The fourth-order valence-corrected chi connectivity index (χ4v) is 6.32. The van der Waals surface area contributed by atoms with Crippen LogP contribution >= 0.6 is 11.3 Å². The standard InChI is InChI=1S/C27H32N6OS/c1-2-22(29-11-18-3-4-18)15-33(9-1)23-7-8-24(30-14-23)27(16-34-17-27)26-32-31-25(35-26)21-10-20(12-28-13-21)19-5-6-19/h7-8,10,12-14,18-19,22,29H,1-6,9,11,15-17H2. The number of ether oxygens (including phenoxy) is 1. The molecule has 3 aromatic rings. The average Bonchev–Trinajstić information content (AvgIpc) is 3.82. The van der Waals surface area contributed by atoms with Crippen LogP contribution in [0.3, 0.4) is 0 Å². The van der Waals surface area contributed by atoms with E-state index in [1.54, 1.807) is 11.3 Å². The SMILES string of the molecule is c1ncc(C2CC2)cc1-c1nnc(C2(c3ccc(N4CCCC(NCC5CC5)C4)cn3)COC2)s1. The lowest BCUT2D eigenvalue weighted by atomic mass is 9.82. The van der Waals surface area contributed by atoms with Crippen LogP contribution in [0.5, 0.6) is 0 Å². The molecule has 2 aliphatic heterocycles. The Labute approximate surface area is 210 Å². The molecule has 1 N–H and O–H groups in total. The Morgan fingerprint density at radius 1 is 1.06 bits per heavy atom. The normalized spacial score (nSPS) is 23.8. The van der Waals surface area contributed by atoms with E-state index in [0.717, 1.165) is 40.3 Å². The van der Waals surface area contributed by atoms with Crippen LogP contribution in [-0.2, 0) is 10.2 Å². The zero-order valence-corrected chi connectivity index (χ0v) is 20.8. The molecule has 35 heavy (non-hydrogen) atoms. The second-order valence-corrected chi connectivity index (χ2v) is 11.8. The lowest BCUT2D eigenvalue weighted by molar-refractivity contribution is -0.0403. The van der Waals surface area contributed by atoms with Crippen molar-refractivity contribution >= 4 is 17.0 Å². The van der Waals surface area contributed by atoms with Gasteiger partial charge in [-0.25, -0.2) is 0 Å². The Morgan fingerprint density at radius 3 is 2.71 bits per heavy atom. The van der Waals surface area contributed by atoms with Crippen molar-refractivity contribution in [1.29, 1.82) is 0 Å². The van der Waals surface area contributed by atoms with Crippen LogP contribution in [0.1, 0.15) is 60.7 Å².